The normalized spacial score (nSPS) is 15.2. The molecule has 1 rings (SSSR count). The summed E-state index contributed by atoms with van der Waals surface area (Å²) < 4.78 is 5.41. The van der Waals surface area contributed by atoms with Gasteiger partial charge < -0.3 is 10.5 Å². The number of methoxy groups -OCH3 is 1. The topological polar surface area (TPSA) is 35.2 Å². The number of nitrogens with two attached hydrogens (primary N) is 1. The molecule has 0 aliphatic rings. The fourth-order valence-corrected chi connectivity index (χ4v) is 2.39. The van der Waals surface area contributed by atoms with E-state index in [1.807, 2.05) is 0 Å². The van der Waals surface area contributed by atoms with Crippen molar-refractivity contribution in [2.24, 2.45) is 17.1 Å². The molecule has 1 aromatic rings. The van der Waals surface area contributed by atoms with Crippen molar-refractivity contribution in [2.45, 2.75) is 54.0 Å². The van der Waals surface area contributed by atoms with Gasteiger partial charge in [0, 0.05) is 6.04 Å². The van der Waals surface area contributed by atoms with Gasteiger partial charge in [0.1, 0.15) is 5.75 Å². The number of ether oxygens (including phenoxy) is 1. The molecule has 2 nitrogen and oxygen atoms in total. The molecule has 0 fully saturated rings. The first kappa shape index (κ1) is 16.0. The van der Waals surface area contributed by atoms with E-state index in [2.05, 4.69) is 53.7 Å². The Morgan fingerprint density at radius 1 is 1.16 bits per heavy atom. The molecule has 0 bridgehead atoms. The lowest BCUT2D eigenvalue weighted by Gasteiger charge is -2.30. The smallest absolute Gasteiger partial charge is 0.124 e. The van der Waals surface area contributed by atoms with Crippen molar-refractivity contribution in [1.29, 1.82) is 0 Å². The van der Waals surface area contributed by atoms with Gasteiger partial charge in [0.2, 0.25) is 0 Å². The predicted molar refractivity (Wildman–Crippen MR) is 82.6 cm³/mol. The van der Waals surface area contributed by atoms with Gasteiger partial charge in [-0.3, -0.25) is 0 Å². The molecular formula is C17H29NO. The first-order valence-electron chi connectivity index (χ1n) is 7.07. The van der Waals surface area contributed by atoms with E-state index in [0.717, 1.165) is 23.3 Å². The summed E-state index contributed by atoms with van der Waals surface area (Å²) in [5.74, 6) is 1.56. The van der Waals surface area contributed by atoms with Crippen molar-refractivity contribution in [2.75, 3.05) is 7.11 Å². The average Bonchev–Trinajstić information content (AvgIpc) is 2.27. The molecule has 2 heteroatoms. The van der Waals surface area contributed by atoms with Gasteiger partial charge in [-0.25, -0.2) is 0 Å². The lowest BCUT2D eigenvalue weighted by molar-refractivity contribution is 0.234. The molecular weight excluding hydrogens is 234 g/mol. The van der Waals surface area contributed by atoms with Crippen molar-refractivity contribution in [3.8, 4) is 5.75 Å². The van der Waals surface area contributed by atoms with E-state index >= 15 is 0 Å². The predicted octanol–water partition coefficient (Wildman–Crippen LogP) is 4.38. The molecule has 0 heterocycles. The fourth-order valence-electron chi connectivity index (χ4n) is 2.39. The minimum atomic E-state index is 0.0949. The Labute approximate surface area is 118 Å². The van der Waals surface area contributed by atoms with Crippen LogP contribution in [0.4, 0.5) is 0 Å². The van der Waals surface area contributed by atoms with Crippen LogP contribution in [0.3, 0.4) is 0 Å². The lowest BCUT2D eigenvalue weighted by Crippen LogP contribution is -2.23. The molecule has 0 aliphatic carbocycles. The Hall–Kier alpha value is -1.02. The maximum atomic E-state index is 6.38. The molecule has 0 spiro atoms. The van der Waals surface area contributed by atoms with Gasteiger partial charge in [-0.1, -0.05) is 39.8 Å². The van der Waals surface area contributed by atoms with E-state index in [0.29, 0.717) is 11.3 Å². The van der Waals surface area contributed by atoms with E-state index in [1.165, 1.54) is 5.56 Å². The summed E-state index contributed by atoms with van der Waals surface area (Å²) >= 11 is 0. The monoisotopic (exact) mass is 263 g/mol. The van der Waals surface area contributed by atoms with Gasteiger partial charge in [-0.05, 0) is 48.3 Å². The van der Waals surface area contributed by atoms with Gasteiger partial charge in [0.15, 0.2) is 0 Å². The van der Waals surface area contributed by atoms with E-state index in [1.54, 1.807) is 7.11 Å². The van der Waals surface area contributed by atoms with Gasteiger partial charge in [-0.2, -0.15) is 0 Å². The van der Waals surface area contributed by atoms with Crippen LogP contribution in [-0.2, 0) is 0 Å². The molecule has 1 aromatic carbocycles. The summed E-state index contributed by atoms with van der Waals surface area (Å²) in [6.07, 6.45) is 1.01. The molecule has 0 aromatic heterocycles. The molecule has 2 N–H and O–H groups in total. The molecule has 0 saturated carbocycles. The zero-order chi connectivity index (χ0) is 14.8. The van der Waals surface area contributed by atoms with Crippen LogP contribution in [0, 0.1) is 25.2 Å². The zero-order valence-corrected chi connectivity index (χ0v) is 13.5. The van der Waals surface area contributed by atoms with Gasteiger partial charge in [0.25, 0.3) is 0 Å². The van der Waals surface area contributed by atoms with E-state index in [4.69, 9.17) is 10.5 Å². The summed E-state index contributed by atoms with van der Waals surface area (Å²) in [4.78, 5) is 0. The van der Waals surface area contributed by atoms with Crippen LogP contribution in [0.2, 0.25) is 0 Å². The quantitative estimate of drug-likeness (QED) is 0.874. The fraction of sp³-hybridized carbons (Fsp3) is 0.647. The van der Waals surface area contributed by atoms with E-state index in [-0.39, 0.29) is 6.04 Å². The second kappa shape index (κ2) is 5.96. The highest BCUT2D eigenvalue weighted by Crippen LogP contribution is 2.34. The average molecular weight is 263 g/mol. The molecule has 0 aliphatic heterocycles. The third kappa shape index (κ3) is 3.97. The largest absolute Gasteiger partial charge is 0.496 e. The maximum absolute atomic E-state index is 6.38. The van der Waals surface area contributed by atoms with Crippen molar-refractivity contribution in [1.82, 2.24) is 0 Å². The summed E-state index contributed by atoms with van der Waals surface area (Å²) in [5, 5.41) is 0. The van der Waals surface area contributed by atoms with E-state index in [9.17, 15) is 0 Å². The van der Waals surface area contributed by atoms with Crippen molar-refractivity contribution in [3.63, 3.8) is 0 Å². The number of hydrogen-bond acceptors (Lipinski definition) is 2. The molecule has 0 saturated heterocycles. The van der Waals surface area contributed by atoms with Crippen molar-refractivity contribution < 1.29 is 4.74 Å². The Bertz CT molecular complexity index is 408. The van der Waals surface area contributed by atoms with Crippen LogP contribution in [0.5, 0.6) is 5.75 Å². The summed E-state index contributed by atoms with van der Waals surface area (Å²) in [6.45, 7) is 13.3. The third-order valence-electron chi connectivity index (χ3n) is 4.20. The molecule has 2 unspecified atom stereocenters. The molecule has 19 heavy (non-hydrogen) atoms. The third-order valence-corrected chi connectivity index (χ3v) is 4.20. The van der Waals surface area contributed by atoms with Crippen LogP contribution in [0.25, 0.3) is 0 Å². The number of aryl methyl sites for hydroxylation is 2. The number of rotatable bonds is 4. The highest BCUT2D eigenvalue weighted by molar-refractivity contribution is 5.44. The SMILES string of the molecule is COc1c(C)cc(C(N)CC(C)C(C)(C)C)cc1C. The van der Waals surface area contributed by atoms with Crippen LogP contribution in [-0.4, -0.2) is 7.11 Å². The second-order valence-electron chi connectivity index (χ2n) is 6.80. The Kier molecular flexibility index (Phi) is 5.03. The number of benzene rings is 1. The minimum Gasteiger partial charge on any atom is -0.496 e. The Morgan fingerprint density at radius 3 is 2.00 bits per heavy atom. The molecule has 0 amide bonds. The summed E-state index contributed by atoms with van der Waals surface area (Å²) in [7, 11) is 1.72. The second-order valence-corrected chi connectivity index (χ2v) is 6.80. The highest BCUT2D eigenvalue weighted by Gasteiger charge is 2.23. The van der Waals surface area contributed by atoms with Gasteiger partial charge in [0.05, 0.1) is 7.11 Å². The van der Waals surface area contributed by atoms with E-state index < -0.39 is 0 Å². The first-order chi connectivity index (χ1) is 8.66. The van der Waals surface area contributed by atoms with Crippen molar-refractivity contribution in [3.05, 3.63) is 28.8 Å². The molecule has 2 atom stereocenters. The maximum Gasteiger partial charge on any atom is 0.124 e. The van der Waals surface area contributed by atoms with Crippen LogP contribution in [0.1, 0.15) is 56.8 Å². The lowest BCUT2D eigenvalue weighted by atomic mass is 9.77. The van der Waals surface area contributed by atoms with Crippen LogP contribution < -0.4 is 10.5 Å². The summed E-state index contributed by atoms with van der Waals surface area (Å²) in [6, 6.07) is 4.41. The minimum absolute atomic E-state index is 0.0949. The number of hydrogen-bond donors (Lipinski definition) is 1. The Morgan fingerprint density at radius 2 is 1.63 bits per heavy atom. The highest BCUT2D eigenvalue weighted by atomic mass is 16.5. The summed E-state index contributed by atoms with van der Waals surface area (Å²) in [5.41, 5.74) is 10.2. The van der Waals surface area contributed by atoms with Crippen LogP contribution >= 0.6 is 0 Å². The Balaban J connectivity index is 2.92. The van der Waals surface area contributed by atoms with Gasteiger partial charge in [-0.15, -0.1) is 0 Å². The molecule has 108 valence electrons. The van der Waals surface area contributed by atoms with Crippen molar-refractivity contribution >= 4 is 0 Å². The standard InChI is InChI=1S/C17H29NO/c1-11-8-14(9-12(2)16(11)19-7)15(18)10-13(3)17(4,5)6/h8-9,13,15H,10,18H2,1-7H3. The van der Waals surface area contributed by atoms with Crippen LogP contribution in [0.15, 0.2) is 12.1 Å². The first-order valence-corrected chi connectivity index (χ1v) is 7.07. The molecule has 0 radical (unpaired) electrons. The zero-order valence-electron chi connectivity index (χ0n) is 13.5. The van der Waals surface area contributed by atoms with Gasteiger partial charge >= 0.3 is 0 Å².